The van der Waals surface area contributed by atoms with E-state index in [0.29, 0.717) is 18.3 Å². The molecule has 0 amide bonds. The van der Waals surface area contributed by atoms with E-state index in [1.54, 1.807) is 20.3 Å². The van der Waals surface area contributed by atoms with E-state index < -0.39 is 6.10 Å². The van der Waals surface area contributed by atoms with Gasteiger partial charge in [-0.3, -0.25) is 0 Å². The van der Waals surface area contributed by atoms with E-state index in [-0.39, 0.29) is 0 Å². The molecule has 0 fully saturated rings. The van der Waals surface area contributed by atoms with Crippen LogP contribution in [0.15, 0.2) is 18.2 Å². The Hall–Kier alpha value is -1.26. The highest BCUT2D eigenvalue weighted by Crippen LogP contribution is 2.30. The molecular formula is C16H27NO3. The van der Waals surface area contributed by atoms with Gasteiger partial charge >= 0.3 is 0 Å². The van der Waals surface area contributed by atoms with Crippen molar-refractivity contribution in [2.24, 2.45) is 0 Å². The van der Waals surface area contributed by atoms with Gasteiger partial charge in [0.25, 0.3) is 0 Å². The van der Waals surface area contributed by atoms with Gasteiger partial charge in [-0.25, -0.2) is 0 Å². The highest BCUT2D eigenvalue weighted by molar-refractivity contribution is 5.42. The Bertz CT molecular complexity index is 405. The van der Waals surface area contributed by atoms with Gasteiger partial charge in [-0.05, 0) is 32.0 Å². The molecule has 0 aliphatic heterocycles. The SMILES string of the molecule is CCC(CC)N(C)CC(O)c1ccc(OC)cc1OC. The molecule has 114 valence electrons. The Balaban J connectivity index is 2.83. The lowest BCUT2D eigenvalue weighted by Gasteiger charge is -2.28. The summed E-state index contributed by atoms with van der Waals surface area (Å²) in [7, 11) is 5.28. The first-order chi connectivity index (χ1) is 9.57. The molecule has 1 atom stereocenters. The van der Waals surface area contributed by atoms with Crippen LogP contribution in [-0.2, 0) is 0 Å². The summed E-state index contributed by atoms with van der Waals surface area (Å²) < 4.78 is 10.5. The van der Waals surface area contributed by atoms with Crippen molar-refractivity contribution in [1.82, 2.24) is 4.90 Å². The van der Waals surface area contributed by atoms with E-state index in [0.717, 1.165) is 24.2 Å². The van der Waals surface area contributed by atoms with Crippen molar-refractivity contribution < 1.29 is 14.6 Å². The molecule has 0 bridgehead atoms. The van der Waals surface area contributed by atoms with Gasteiger partial charge in [0.1, 0.15) is 11.5 Å². The van der Waals surface area contributed by atoms with E-state index in [1.165, 1.54) is 0 Å². The third-order valence-electron chi connectivity index (χ3n) is 3.83. The number of nitrogens with zero attached hydrogens (tertiary/aromatic N) is 1. The third kappa shape index (κ3) is 4.12. The Morgan fingerprint density at radius 2 is 1.80 bits per heavy atom. The molecule has 0 heterocycles. The Morgan fingerprint density at radius 1 is 1.15 bits per heavy atom. The summed E-state index contributed by atoms with van der Waals surface area (Å²) in [4.78, 5) is 2.20. The zero-order valence-corrected chi connectivity index (χ0v) is 13.2. The van der Waals surface area contributed by atoms with E-state index >= 15 is 0 Å². The van der Waals surface area contributed by atoms with Crippen molar-refractivity contribution in [3.63, 3.8) is 0 Å². The molecule has 1 aromatic carbocycles. The molecule has 0 aliphatic rings. The number of benzene rings is 1. The molecule has 0 aromatic heterocycles. The maximum absolute atomic E-state index is 10.4. The summed E-state index contributed by atoms with van der Waals surface area (Å²) in [6, 6.07) is 6.01. The Morgan fingerprint density at radius 3 is 2.30 bits per heavy atom. The number of methoxy groups -OCH3 is 2. The number of aliphatic hydroxyl groups is 1. The van der Waals surface area contributed by atoms with Gasteiger partial charge < -0.3 is 19.5 Å². The molecule has 0 spiro atoms. The number of hydrogen-bond donors (Lipinski definition) is 1. The lowest BCUT2D eigenvalue weighted by atomic mass is 10.1. The highest BCUT2D eigenvalue weighted by atomic mass is 16.5. The lowest BCUT2D eigenvalue weighted by Crippen LogP contribution is -2.34. The fourth-order valence-corrected chi connectivity index (χ4v) is 2.53. The fourth-order valence-electron chi connectivity index (χ4n) is 2.53. The van der Waals surface area contributed by atoms with Gasteiger partial charge in [0, 0.05) is 24.2 Å². The lowest BCUT2D eigenvalue weighted by molar-refractivity contribution is 0.0992. The molecule has 0 saturated heterocycles. The molecule has 1 N–H and O–H groups in total. The number of aliphatic hydroxyl groups excluding tert-OH is 1. The zero-order chi connectivity index (χ0) is 15.1. The number of ether oxygens (including phenoxy) is 2. The minimum Gasteiger partial charge on any atom is -0.497 e. The molecule has 0 saturated carbocycles. The first kappa shape index (κ1) is 16.8. The van der Waals surface area contributed by atoms with Gasteiger partial charge in [0.05, 0.1) is 20.3 Å². The van der Waals surface area contributed by atoms with Crippen molar-refractivity contribution in [2.75, 3.05) is 27.8 Å². The minimum absolute atomic E-state index is 0.494. The van der Waals surface area contributed by atoms with Crippen LogP contribution in [0.1, 0.15) is 38.4 Å². The van der Waals surface area contributed by atoms with Crippen LogP contribution in [0.25, 0.3) is 0 Å². The molecule has 4 heteroatoms. The molecule has 4 nitrogen and oxygen atoms in total. The van der Waals surface area contributed by atoms with Gasteiger partial charge in [-0.2, -0.15) is 0 Å². The van der Waals surface area contributed by atoms with Gasteiger partial charge in [-0.15, -0.1) is 0 Å². The minimum atomic E-state index is -0.568. The normalized spacial score (nSPS) is 12.8. The van der Waals surface area contributed by atoms with Crippen LogP contribution in [0, 0.1) is 0 Å². The number of likely N-dealkylation sites (N-methyl/N-ethyl adjacent to an activating group) is 1. The summed E-state index contributed by atoms with van der Waals surface area (Å²) >= 11 is 0. The maximum Gasteiger partial charge on any atom is 0.128 e. The molecule has 1 rings (SSSR count). The average Bonchev–Trinajstić information content (AvgIpc) is 2.47. The van der Waals surface area contributed by atoms with Crippen LogP contribution in [0.4, 0.5) is 0 Å². The summed E-state index contributed by atoms with van der Waals surface area (Å²) in [5.74, 6) is 1.39. The molecule has 0 aliphatic carbocycles. The molecule has 20 heavy (non-hydrogen) atoms. The van der Waals surface area contributed by atoms with Crippen LogP contribution in [0.3, 0.4) is 0 Å². The van der Waals surface area contributed by atoms with Crippen LogP contribution < -0.4 is 9.47 Å². The van der Waals surface area contributed by atoms with Crippen LogP contribution in [0.2, 0.25) is 0 Å². The van der Waals surface area contributed by atoms with Crippen molar-refractivity contribution in [3.05, 3.63) is 23.8 Å². The van der Waals surface area contributed by atoms with E-state index in [2.05, 4.69) is 25.8 Å². The van der Waals surface area contributed by atoms with Gasteiger partial charge in [0.15, 0.2) is 0 Å². The second-order valence-corrected chi connectivity index (χ2v) is 5.03. The summed E-state index contributed by atoms with van der Waals surface area (Å²) in [6.07, 6.45) is 1.60. The predicted octanol–water partition coefficient (Wildman–Crippen LogP) is 2.86. The second-order valence-electron chi connectivity index (χ2n) is 5.03. The predicted molar refractivity (Wildman–Crippen MR) is 81.5 cm³/mol. The van der Waals surface area contributed by atoms with Crippen LogP contribution in [0.5, 0.6) is 11.5 Å². The van der Waals surface area contributed by atoms with Crippen LogP contribution in [-0.4, -0.2) is 43.9 Å². The number of rotatable bonds is 8. The Labute approximate surface area is 122 Å². The van der Waals surface area contributed by atoms with Crippen LogP contribution >= 0.6 is 0 Å². The highest BCUT2D eigenvalue weighted by Gasteiger charge is 2.19. The van der Waals surface area contributed by atoms with E-state index in [1.807, 2.05) is 12.1 Å². The van der Waals surface area contributed by atoms with Gasteiger partial charge in [0.2, 0.25) is 0 Å². The largest absolute Gasteiger partial charge is 0.497 e. The summed E-state index contributed by atoms with van der Waals surface area (Å²) in [6.45, 7) is 4.94. The van der Waals surface area contributed by atoms with Crippen molar-refractivity contribution in [3.8, 4) is 11.5 Å². The topological polar surface area (TPSA) is 41.9 Å². The smallest absolute Gasteiger partial charge is 0.128 e. The molecular weight excluding hydrogens is 254 g/mol. The average molecular weight is 281 g/mol. The standard InChI is InChI=1S/C16H27NO3/c1-6-12(7-2)17(3)11-15(18)14-9-8-13(19-4)10-16(14)20-5/h8-10,12,15,18H,6-7,11H2,1-5H3. The first-order valence-corrected chi connectivity index (χ1v) is 7.17. The molecule has 1 aromatic rings. The maximum atomic E-state index is 10.4. The molecule has 1 unspecified atom stereocenters. The van der Waals surface area contributed by atoms with Crippen molar-refractivity contribution in [1.29, 1.82) is 0 Å². The molecule has 0 radical (unpaired) electrons. The summed E-state index contributed by atoms with van der Waals surface area (Å²) in [5, 5.41) is 10.4. The fraction of sp³-hybridized carbons (Fsp3) is 0.625. The third-order valence-corrected chi connectivity index (χ3v) is 3.83. The van der Waals surface area contributed by atoms with E-state index in [4.69, 9.17) is 9.47 Å². The van der Waals surface area contributed by atoms with Crippen molar-refractivity contribution >= 4 is 0 Å². The van der Waals surface area contributed by atoms with E-state index in [9.17, 15) is 5.11 Å². The number of hydrogen-bond acceptors (Lipinski definition) is 4. The zero-order valence-electron chi connectivity index (χ0n) is 13.2. The Kier molecular flexibility index (Phi) is 6.82. The quantitative estimate of drug-likeness (QED) is 0.795. The van der Waals surface area contributed by atoms with Gasteiger partial charge in [-0.1, -0.05) is 13.8 Å². The second kappa shape index (κ2) is 8.12. The van der Waals surface area contributed by atoms with Crippen molar-refractivity contribution in [2.45, 2.75) is 38.8 Å². The summed E-state index contributed by atoms with van der Waals surface area (Å²) in [5.41, 5.74) is 0.797. The first-order valence-electron chi connectivity index (χ1n) is 7.17. The monoisotopic (exact) mass is 281 g/mol.